The fraction of sp³-hybridized carbons (Fsp3) is 0.211. The first-order valence-electron chi connectivity index (χ1n) is 8.18. The van der Waals surface area contributed by atoms with E-state index >= 15 is 0 Å². The first-order chi connectivity index (χ1) is 13.2. The molecule has 0 aromatic heterocycles. The van der Waals surface area contributed by atoms with E-state index in [2.05, 4.69) is 10.4 Å². The van der Waals surface area contributed by atoms with Gasteiger partial charge in [-0.1, -0.05) is 30.3 Å². The lowest BCUT2D eigenvalue weighted by Crippen LogP contribution is -2.40. The van der Waals surface area contributed by atoms with Crippen LogP contribution in [0.1, 0.15) is 23.6 Å². The molecule has 1 saturated heterocycles. The van der Waals surface area contributed by atoms with E-state index in [1.165, 1.54) is 32.2 Å². The zero-order chi connectivity index (χ0) is 20.5. The number of nitrogens with one attached hydrogen (secondary N) is 1. The van der Waals surface area contributed by atoms with Crippen LogP contribution in [-0.2, 0) is 16.5 Å². The van der Waals surface area contributed by atoms with Crippen molar-refractivity contribution in [3.8, 4) is 5.75 Å². The number of urea groups is 1. The van der Waals surface area contributed by atoms with Crippen molar-refractivity contribution in [3.05, 3.63) is 65.2 Å². The van der Waals surface area contributed by atoms with Gasteiger partial charge in [-0.05, 0) is 30.7 Å². The van der Waals surface area contributed by atoms with Gasteiger partial charge in [0.2, 0.25) is 0 Å². The van der Waals surface area contributed by atoms with E-state index in [4.69, 9.17) is 4.74 Å². The second-order valence-electron chi connectivity index (χ2n) is 6.23. The smallest absolute Gasteiger partial charge is 0.417 e. The number of imide groups is 1. The molecule has 1 aliphatic heterocycles. The molecule has 0 bridgehead atoms. The van der Waals surface area contributed by atoms with Gasteiger partial charge in [-0.15, -0.1) is 5.01 Å². The fourth-order valence-electron chi connectivity index (χ4n) is 2.84. The van der Waals surface area contributed by atoms with Crippen LogP contribution >= 0.6 is 0 Å². The van der Waals surface area contributed by atoms with Crippen LogP contribution in [0, 0.1) is 0 Å². The van der Waals surface area contributed by atoms with Gasteiger partial charge in [-0.25, -0.2) is 4.79 Å². The van der Waals surface area contributed by atoms with E-state index in [0.29, 0.717) is 16.3 Å². The van der Waals surface area contributed by atoms with E-state index in [1.54, 1.807) is 24.3 Å². The number of rotatable bonds is 4. The average molecular weight is 391 g/mol. The van der Waals surface area contributed by atoms with Gasteiger partial charge in [0.1, 0.15) is 11.3 Å². The van der Waals surface area contributed by atoms with E-state index < -0.39 is 29.2 Å². The van der Waals surface area contributed by atoms with Crippen LogP contribution in [0.15, 0.2) is 53.6 Å². The van der Waals surface area contributed by atoms with Crippen LogP contribution in [0.4, 0.5) is 18.0 Å². The summed E-state index contributed by atoms with van der Waals surface area (Å²) in [6.07, 6.45) is -3.74. The molecule has 1 aliphatic rings. The highest BCUT2D eigenvalue weighted by atomic mass is 19.4. The lowest BCUT2D eigenvalue weighted by molar-refractivity contribution is -0.137. The summed E-state index contributed by atoms with van der Waals surface area (Å²) in [6, 6.07) is 10.4. The van der Waals surface area contributed by atoms with Crippen molar-refractivity contribution in [2.24, 2.45) is 5.10 Å². The van der Waals surface area contributed by atoms with Crippen LogP contribution in [0.5, 0.6) is 5.75 Å². The molecule has 0 spiro atoms. The summed E-state index contributed by atoms with van der Waals surface area (Å²) in [5.74, 6) is -0.133. The SMILES string of the molecule is COc1ccc(C2(C)NC(=O)N(/N=C/c3ccccc3C(F)(F)F)C2=O)cc1. The van der Waals surface area contributed by atoms with Gasteiger partial charge in [0.15, 0.2) is 0 Å². The number of carbonyl (C=O) groups excluding carboxylic acids is 2. The van der Waals surface area contributed by atoms with Crippen LogP contribution in [0.25, 0.3) is 0 Å². The summed E-state index contributed by atoms with van der Waals surface area (Å²) >= 11 is 0. The Morgan fingerprint density at radius 1 is 1.11 bits per heavy atom. The third kappa shape index (κ3) is 3.42. The largest absolute Gasteiger partial charge is 0.497 e. The lowest BCUT2D eigenvalue weighted by Gasteiger charge is -2.21. The predicted molar refractivity (Wildman–Crippen MR) is 94.8 cm³/mol. The number of ether oxygens (including phenoxy) is 1. The number of hydrogen-bond acceptors (Lipinski definition) is 4. The number of carbonyl (C=O) groups is 2. The number of alkyl halides is 3. The Morgan fingerprint density at radius 2 is 1.75 bits per heavy atom. The zero-order valence-corrected chi connectivity index (χ0v) is 14.9. The van der Waals surface area contributed by atoms with Gasteiger partial charge in [0.25, 0.3) is 5.91 Å². The summed E-state index contributed by atoms with van der Waals surface area (Å²) in [5.41, 5.74) is -2.08. The van der Waals surface area contributed by atoms with Crippen molar-refractivity contribution in [1.29, 1.82) is 0 Å². The molecule has 1 heterocycles. The standard InChI is InChI=1S/C19H16F3N3O3/c1-18(13-7-9-14(28-2)10-8-13)16(26)25(17(27)24-18)23-11-12-5-3-4-6-15(12)19(20,21)22/h3-11H,1-2H3,(H,24,27)/b23-11+. The molecule has 0 aliphatic carbocycles. The van der Waals surface area contributed by atoms with Gasteiger partial charge in [0.05, 0.1) is 18.9 Å². The number of amides is 3. The molecule has 1 unspecified atom stereocenters. The number of methoxy groups -OCH3 is 1. The zero-order valence-electron chi connectivity index (χ0n) is 14.9. The van der Waals surface area contributed by atoms with E-state index in [0.717, 1.165) is 12.3 Å². The number of hydrazone groups is 1. The van der Waals surface area contributed by atoms with Crippen molar-refractivity contribution >= 4 is 18.2 Å². The maximum Gasteiger partial charge on any atom is 0.417 e. The topological polar surface area (TPSA) is 71.0 Å². The van der Waals surface area contributed by atoms with Crippen molar-refractivity contribution < 1.29 is 27.5 Å². The number of hydrogen-bond donors (Lipinski definition) is 1. The highest BCUT2D eigenvalue weighted by Gasteiger charge is 2.49. The van der Waals surface area contributed by atoms with Gasteiger partial charge in [-0.3, -0.25) is 4.79 Å². The molecule has 3 rings (SSSR count). The van der Waals surface area contributed by atoms with E-state index in [9.17, 15) is 22.8 Å². The maximum absolute atomic E-state index is 13.1. The molecular weight excluding hydrogens is 375 g/mol. The van der Waals surface area contributed by atoms with Crippen LogP contribution in [0.3, 0.4) is 0 Å². The van der Waals surface area contributed by atoms with Crippen LogP contribution < -0.4 is 10.1 Å². The Hall–Kier alpha value is -3.36. The van der Waals surface area contributed by atoms with Gasteiger partial charge in [-0.2, -0.15) is 18.3 Å². The molecule has 9 heteroatoms. The van der Waals surface area contributed by atoms with Gasteiger partial charge >= 0.3 is 12.2 Å². The molecule has 1 fully saturated rings. The highest BCUT2D eigenvalue weighted by Crippen LogP contribution is 2.32. The van der Waals surface area contributed by atoms with Crippen LogP contribution in [-0.4, -0.2) is 30.3 Å². The summed E-state index contributed by atoms with van der Waals surface area (Å²) in [4.78, 5) is 25.0. The van der Waals surface area contributed by atoms with Gasteiger partial charge < -0.3 is 10.1 Å². The van der Waals surface area contributed by atoms with Crippen molar-refractivity contribution in [2.75, 3.05) is 7.11 Å². The van der Waals surface area contributed by atoms with Crippen LogP contribution in [0.2, 0.25) is 0 Å². The minimum absolute atomic E-state index is 0.256. The third-order valence-corrected chi connectivity index (χ3v) is 4.42. The minimum atomic E-state index is -4.59. The Labute approximate surface area is 158 Å². The first-order valence-corrected chi connectivity index (χ1v) is 8.18. The molecule has 1 atom stereocenters. The molecule has 146 valence electrons. The Morgan fingerprint density at radius 3 is 2.36 bits per heavy atom. The molecule has 1 N–H and O–H groups in total. The highest BCUT2D eigenvalue weighted by molar-refractivity contribution is 6.07. The fourth-order valence-corrected chi connectivity index (χ4v) is 2.84. The Balaban J connectivity index is 1.90. The third-order valence-electron chi connectivity index (χ3n) is 4.42. The second-order valence-corrected chi connectivity index (χ2v) is 6.23. The minimum Gasteiger partial charge on any atom is -0.497 e. The summed E-state index contributed by atoms with van der Waals surface area (Å²) in [7, 11) is 1.49. The summed E-state index contributed by atoms with van der Waals surface area (Å²) in [6.45, 7) is 1.49. The number of nitrogens with zero attached hydrogens (tertiary/aromatic N) is 2. The normalized spacial score (nSPS) is 20.0. The molecule has 0 radical (unpaired) electrons. The lowest BCUT2D eigenvalue weighted by atomic mass is 9.92. The molecule has 3 amide bonds. The van der Waals surface area contributed by atoms with Crippen molar-refractivity contribution in [3.63, 3.8) is 0 Å². The summed E-state index contributed by atoms with van der Waals surface area (Å²) in [5, 5.41) is 6.76. The van der Waals surface area contributed by atoms with Crippen molar-refractivity contribution in [1.82, 2.24) is 10.3 Å². The van der Waals surface area contributed by atoms with Crippen molar-refractivity contribution in [2.45, 2.75) is 18.6 Å². The second kappa shape index (κ2) is 6.99. The quantitative estimate of drug-likeness (QED) is 0.641. The molecule has 6 nitrogen and oxygen atoms in total. The molecule has 0 saturated carbocycles. The first kappa shape index (κ1) is 19.4. The molecule has 2 aromatic carbocycles. The summed E-state index contributed by atoms with van der Waals surface area (Å²) < 4.78 is 44.3. The van der Waals surface area contributed by atoms with E-state index in [1.807, 2.05) is 0 Å². The number of halogens is 3. The van der Waals surface area contributed by atoms with Gasteiger partial charge in [0, 0.05) is 5.56 Å². The molecule has 28 heavy (non-hydrogen) atoms. The predicted octanol–water partition coefficient (Wildman–Crippen LogP) is 3.52. The Bertz CT molecular complexity index is 941. The van der Waals surface area contributed by atoms with E-state index in [-0.39, 0.29) is 5.56 Å². The maximum atomic E-state index is 13.1. The molecule has 2 aromatic rings. The number of benzene rings is 2. The average Bonchev–Trinajstić information content (AvgIpc) is 2.89. The molecular formula is C19H16F3N3O3. The monoisotopic (exact) mass is 391 g/mol. The Kier molecular flexibility index (Phi) is 4.84.